The molecule has 2 rings (SSSR count). The lowest BCUT2D eigenvalue weighted by Gasteiger charge is -2.26. The maximum atomic E-state index is 3.56. The minimum absolute atomic E-state index is 1.06. The van der Waals surface area contributed by atoms with Crippen molar-refractivity contribution in [3.63, 3.8) is 0 Å². The fraction of sp³-hybridized carbons (Fsp3) is 0.600. The van der Waals surface area contributed by atoms with Crippen LogP contribution in [0.5, 0.6) is 0 Å². The first-order valence-corrected chi connectivity index (χ1v) is 6.79. The number of likely N-dealkylation sites (tertiary alicyclic amines) is 1. The average Bonchev–Trinajstić information content (AvgIpc) is 2.35. The Morgan fingerprint density at radius 2 is 1.88 bits per heavy atom. The maximum absolute atomic E-state index is 3.56. The van der Waals surface area contributed by atoms with Crippen molar-refractivity contribution in [2.75, 3.05) is 31.5 Å². The second-order valence-corrected chi connectivity index (χ2v) is 5.15. The zero-order valence-electron chi connectivity index (χ0n) is 11.1. The van der Waals surface area contributed by atoms with Gasteiger partial charge >= 0.3 is 0 Å². The van der Waals surface area contributed by atoms with Crippen molar-refractivity contribution in [3.05, 3.63) is 29.3 Å². The van der Waals surface area contributed by atoms with E-state index in [0.717, 1.165) is 6.54 Å². The summed E-state index contributed by atoms with van der Waals surface area (Å²) in [5.41, 5.74) is 3.97. The van der Waals surface area contributed by atoms with Crippen LogP contribution >= 0.6 is 0 Å². The van der Waals surface area contributed by atoms with Crippen LogP contribution in [-0.2, 0) is 0 Å². The van der Waals surface area contributed by atoms with Crippen molar-refractivity contribution in [2.45, 2.75) is 33.1 Å². The van der Waals surface area contributed by atoms with Gasteiger partial charge in [-0.3, -0.25) is 0 Å². The van der Waals surface area contributed by atoms with Gasteiger partial charge in [0.2, 0.25) is 0 Å². The van der Waals surface area contributed by atoms with Crippen LogP contribution in [0.2, 0.25) is 0 Å². The first kappa shape index (κ1) is 12.4. The van der Waals surface area contributed by atoms with E-state index < -0.39 is 0 Å². The van der Waals surface area contributed by atoms with Crippen LogP contribution in [0.3, 0.4) is 0 Å². The number of piperidine rings is 1. The van der Waals surface area contributed by atoms with Gasteiger partial charge in [-0.1, -0.05) is 18.6 Å². The Kier molecular flexibility index (Phi) is 4.43. The molecule has 0 radical (unpaired) electrons. The number of benzene rings is 1. The van der Waals surface area contributed by atoms with Crippen LogP contribution in [-0.4, -0.2) is 31.1 Å². The van der Waals surface area contributed by atoms with Gasteiger partial charge in [0, 0.05) is 18.8 Å². The summed E-state index contributed by atoms with van der Waals surface area (Å²) in [6.07, 6.45) is 4.17. The third kappa shape index (κ3) is 3.74. The third-order valence-electron chi connectivity index (χ3n) is 3.59. The monoisotopic (exact) mass is 232 g/mol. The molecule has 1 aliphatic rings. The van der Waals surface area contributed by atoms with E-state index in [1.54, 1.807) is 0 Å². The summed E-state index contributed by atoms with van der Waals surface area (Å²) in [4.78, 5) is 2.57. The molecule has 1 fully saturated rings. The molecule has 0 aliphatic carbocycles. The Morgan fingerprint density at radius 3 is 2.65 bits per heavy atom. The Labute approximate surface area is 105 Å². The van der Waals surface area contributed by atoms with Gasteiger partial charge < -0.3 is 10.2 Å². The van der Waals surface area contributed by atoms with Crippen molar-refractivity contribution >= 4 is 5.69 Å². The molecule has 1 aromatic carbocycles. The van der Waals surface area contributed by atoms with E-state index in [1.165, 1.54) is 55.7 Å². The van der Waals surface area contributed by atoms with Gasteiger partial charge in [-0.05, 0) is 57.0 Å². The van der Waals surface area contributed by atoms with Gasteiger partial charge in [-0.2, -0.15) is 0 Å². The summed E-state index contributed by atoms with van der Waals surface area (Å²) < 4.78 is 0. The Balaban J connectivity index is 1.79. The normalized spacial score (nSPS) is 17.1. The summed E-state index contributed by atoms with van der Waals surface area (Å²) in [6, 6.07) is 6.61. The highest BCUT2D eigenvalue weighted by Crippen LogP contribution is 2.16. The molecule has 0 atom stereocenters. The molecule has 1 aliphatic heterocycles. The zero-order chi connectivity index (χ0) is 12.1. The van der Waals surface area contributed by atoms with Crippen LogP contribution in [0.15, 0.2) is 18.2 Å². The number of nitrogens with zero attached hydrogens (tertiary/aromatic N) is 1. The Hall–Kier alpha value is -1.02. The minimum atomic E-state index is 1.06. The lowest BCUT2D eigenvalue weighted by atomic mass is 10.1. The number of rotatable bonds is 4. The standard InChI is InChI=1S/C15H24N2/c1-13-6-7-14(2)15(12-13)16-8-11-17-9-4-3-5-10-17/h6-7,12,16H,3-5,8-11H2,1-2H3. The molecule has 0 amide bonds. The molecule has 0 aromatic heterocycles. The summed E-state index contributed by atoms with van der Waals surface area (Å²) in [6.45, 7) is 9.12. The molecule has 0 bridgehead atoms. The highest BCUT2D eigenvalue weighted by atomic mass is 15.1. The topological polar surface area (TPSA) is 15.3 Å². The minimum Gasteiger partial charge on any atom is -0.384 e. The number of hydrogen-bond donors (Lipinski definition) is 1. The van der Waals surface area contributed by atoms with Crippen LogP contribution in [0.4, 0.5) is 5.69 Å². The third-order valence-corrected chi connectivity index (χ3v) is 3.59. The predicted molar refractivity (Wildman–Crippen MR) is 74.7 cm³/mol. The van der Waals surface area contributed by atoms with Gasteiger partial charge in [0.1, 0.15) is 0 Å². The van der Waals surface area contributed by atoms with E-state index >= 15 is 0 Å². The van der Waals surface area contributed by atoms with Crippen molar-refractivity contribution < 1.29 is 0 Å². The fourth-order valence-corrected chi connectivity index (χ4v) is 2.46. The van der Waals surface area contributed by atoms with Gasteiger partial charge in [0.15, 0.2) is 0 Å². The molecule has 2 nitrogen and oxygen atoms in total. The SMILES string of the molecule is Cc1ccc(C)c(NCCN2CCCCC2)c1. The second kappa shape index (κ2) is 6.06. The van der Waals surface area contributed by atoms with Gasteiger partial charge in [0.25, 0.3) is 0 Å². The molecule has 0 unspecified atom stereocenters. The average molecular weight is 232 g/mol. The van der Waals surface area contributed by atoms with Crippen LogP contribution < -0.4 is 5.32 Å². The molecule has 2 heteroatoms. The molecule has 1 saturated heterocycles. The van der Waals surface area contributed by atoms with Gasteiger partial charge in [-0.25, -0.2) is 0 Å². The van der Waals surface area contributed by atoms with Crippen molar-refractivity contribution in [2.24, 2.45) is 0 Å². The fourth-order valence-electron chi connectivity index (χ4n) is 2.46. The van der Waals surface area contributed by atoms with E-state index in [9.17, 15) is 0 Å². The Morgan fingerprint density at radius 1 is 1.12 bits per heavy atom. The van der Waals surface area contributed by atoms with E-state index in [4.69, 9.17) is 0 Å². The summed E-state index contributed by atoms with van der Waals surface area (Å²) in [7, 11) is 0. The summed E-state index contributed by atoms with van der Waals surface area (Å²) in [5, 5.41) is 3.56. The van der Waals surface area contributed by atoms with Crippen LogP contribution in [0.25, 0.3) is 0 Å². The van der Waals surface area contributed by atoms with Crippen LogP contribution in [0, 0.1) is 13.8 Å². The lowest BCUT2D eigenvalue weighted by Crippen LogP contribution is -2.33. The highest BCUT2D eigenvalue weighted by Gasteiger charge is 2.09. The second-order valence-electron chi connectivity index (χ2n) is 5.15. The summed E-state index contributed by atoms with van der Waals surface area (Å²) >= 11 is 0. The van der Waals surface area contributed by atoms with Crippen molar-refractivity contribution in [1.29, 1.82) is 0 Å². The van der Waals surface area contributed by atoms with Crippen molar-refractivity contribution in [3.8, 4) is 0 Å². The first-order chi connectivity index (χ1) is 8.25. The van der Waals surface area contributed by atoms with E-state index in [0.29, 0.717) is 0 Å². The molecular formula is C15H24N2. The summed E-state index contributed by atoms with van der Waals surface area (Å²) in [5.74, 6) is 0. The molecule has 1 N–H and O–H groups in total. The molecule has 94 valence electrons. The number of hydrogen-bond acceptors (Lipinski definition) is 2. The predicted octanol–water partition coefficient (Wildman–Crippen LogP) is 3.20. The van der Waals surface area contributed by atoms with Crippen LogP contribution in [0.1, 0.15) is 30.4 Å². The lowest BCUT2D eigenvalue weighted by molar-refractivity contribution is 0.237. The van der Waals surface area contributed by atoms with E-state index in [1.807, 2.05) is 0 Å². The number of aryl methyl sites for hydroxylation is 2. The highest BCUT2D eigenvalue weighted by molar-refractivity contribution is 5.52. The molecular weight excluding hydrogens is 208 g/mol. The first-order valence-electron chi connectivity index (χ1n) is 6.79. The molecule has 0 spiro atoms. The largest absolute Gasteiger partial charge is 0.384 e. The molecule has 0 saturated carbocycles. The van der Waals surface area contributed by atoms with E-state index in [2.05, 4.69) is 42.3 Å². The smallest absolute Gasteiger partial charge is 0.0372 e. The zero-order valence-corrected chi connectivity index (χ0v) is 11.1. The quantitative estimate of drug-likeness (QED) is 0.857. The molecule has 1 heterocycles. The molecule has 17 heavy (non-hydrogen) atoms. The van der Waals surface area contributed by atoms with E-state index in [-0.39, 0.29) is 0 Å². The maximum Gasteiger partial charge on any atom is 0.0372 e. The van der Waals surface area contributed by atoms with Gasteiger partial charge in [0.05, 0.1) is 0 Å². The Bertz CT molecular complexity index is 354. The van der Waals surface area contributed by atoms with Crippen molar-refractivity contribution in [1.82, 2.24) is 4.90 Å². The number of nitrogens with one attached hydrogen (secondary N) is 1. The number of anilines is 1. The van der Waals surface area contributed by atoms with Gasteiger partial charge in [-0.15, -0.1) is 0 Å². The molecule has 1 aromatic rings.